The highest BCUT2D eigenvalue weighted by molar-refractivity contribution is 5.27. The minimum atomic E-state index is 0.519. The Labute approximate surface area is 187 Å². The van der Waals surface area contributed by atoms with E-state index in [0.29, 0.717) is 28.6 Å². The van der Waals surface area contributed by atoms with E-state index in [4.69, 9.17) is 4.74 Å². The predicted octanol–water partition coefficient (Wildman–Crippen LogP) is 8.07. The summed E-state index contributed by atoms with van der Waals surface area (Å²) >= 11 is 0. The van der Waals surface area contributed by atoms with Crippen molar-refractivity contribution in [2.75, 3.05) is 13.7 Å². The maximum atomic E-state index is 5.37. The van der Waals surface area contributed by atoms with Gasteiger partial charge in [0, 0.05) is 13.7 Å². The maximum absolute atomic E-state index is 5.37. The molecule has 9 atom stereocenters. The molecule has 170 valence electrons. The van der Waals surface area contributed by atoms with Crippen LogP contribution in [-0.4, -0.2) is 13.7 Å². The van der Waals surface area contributed by atoms with Gasteiger partial charge >= 0.3 is 0 Å². The zero-order valence-corrected chi connectivity index (χ0v) is 20.8. The summed E-state index contributed by atoms with van der Waals surface area (Å²) in [7, 11) is 1.82. The van der Waals surface area contributed by atoms with Crippen LogP contribution in [0.1, 0.15) is 92.4 Å². The van der Waals surface area contributed by atoms with Crippen molar-refractivity contribution in [1.29, 1.82) is 0 Å². The summed E-state index contributed by atoms with van der Waals surface area (Å²) < 4.78 is 5.37. The van der Waals surface area contributed by atoms with Crippen LogP contribution in [0, 0.1) is 52.3 Å². The van der Waals surface area contributed by atoms with E-state index in [2.05, 4.69) is 52.8 Å². The van der Waals surface area contributed by atoms with Crippen LogP contribution in [0.3, 0.4) is 0 Å². The molecular formula is C29H48O. The lowest BCUT2D eigenvalue weighted by molar-refractivity contribution is -0.00481. The molecule has 0 spiro atoms. The number of rotatable bonds is 6. The molecule has 1 nitrogen and oxygen atoms in total. The summed E-state index contributed by atoms with van der Waals surface area (Å²) in [4.78, 5) is 0. The Kier molecular flexibility index (Phi) is 6.61. The molecule has 0 saturated heterocycles. The minimum Gasteiger partial charge on any atom is -0.384 e. The molecule has 4 aliphatic rings. The molecule has 0 heterocycles. The van der Waals surface area contributed by atoms with Crippen molar-refractivity contribution in [2.24, 2.45) is 52.3 Å². The highest BCUT2D eigenvalue weighted by Gasteiger charge is 2.57. The van der Waals surface area contributed by atoms with Crippen LogP contribution < -0.4 is 0 Å². The van der Waals surface area contributed by atoms with Gasteiger partial charge < -0.3 is 4.74 Å². The van der Waals surface area contributed by atoms with E-state index in [1.807, 2.05) is 12.7 Å². The number of fused-ring (bicyclic) bond motifs is 5. The Morgan fingerprint density at radius 3 is 2.50 bits per heavy atom. The monoisotopic (exact) mass is 412 g/mol. The van der Waals surface area contributed by atoms with Gasteiger partial charge in [0.05, 0.1) is 0 Å². The van der Waals surface area contributed by atoms with E-state index in [0.717, 1.165) is 30.3 Å². The molecule has 0 amide bonds. The Morgan fingerprint density at radius 2 is 1.73 bits per heavy atom. The van der Waals surface area contributed by atoms with Crippen molar-refractivity contribution >= 4 is 0 Å². The van der Waals surface area contributed by atoms with Crippen LogP contribution in [0.4, 0.5) is 0 Å². The van der Waals surface area contributed by atoms with E-state index in [9.17, 15) is 0 Å². The van der Waals surface area contributed by atoms with Crippen molar-refractivity contribution in [3.05, 3.63) is 23.8 Å². The van der Waals surface area contributed by atoms with Gasteiger partial charge in [-0.15, -0.1) is 0 Å². The van der Waals surface area contributed by atoms with E-state index in [-0.39, 0.29) is 0 Å². The second kappa shape index (κ2) is 8.76. The van der Waals surface area contributed by atoms with Gasteiger partial charge in [0.2, 0.25) is 0 Å². The van der Waals surface area contributed by atoms with Gasteiger partial charge in [-0.05, 0) is 97.2 Å². The highest BCUT2D eigenvalue weighted by Crippen LogP contribution is 2.66. The van der Waals surface area contributed by atoms with Crippen LogP contribution in [-0.2, 0) is 4.74 Å². The molecule has 0 radical (unpaired) electrons. The van der Waals surface area contributed by atoms with Gasteiger partial charge in [-0.2, -0.15) is 0 Å². The van der Waals surface area contributed by atoms with Crippen molar-refractivity contribution in [1.82, 2.24) is 0 Å². The molecule has 1 heteroatoms. The van der Waals surface area contributed by atoms with Crippen LogP contribution in [0.5, 0.6) is 0 Å². The van der Waals surface area contributed by atoms with Crippen molar-refractivity contribution in [3.63, 3.8) is 0 Å². The van der Waals surface area contributed by atoms with Crippen LogP contribution in [0.25, 0.3) is 0 Å². The molecule has 0 aromatic rings. The van der Waals surface area contributed by atoms with Gasteiger partial charge in [0.15, 0.2) is 0 Å². The first-order valence-electron chi connectivity index (χ1n) is 13.2. The normalized spacial score (nSPS) is 44.0. The molecule has 2 unspecified atom stereocenters. The fourth-order valence-electron chi connectivity index (χ4n) is 8.54. The highest BCUT2D eigenvalue weighted by atomic mass is 16.5. The van der Waals surface area contributed by atoms with E-state index in [1.54, 1.807) is 0 Å². The van der Waals surface area contributed by atoms with Crippen molar-refractivity contribution < 1.29 is 4.74 Å². The van der Waals surface area contributed by atoms with Gasteiger partial charge in [-0.25, -0.2) is 0 Å². The first kappa shape index (κ1) is 22.6. The number of hydrogen-bond donors (Lipinski definition) is 0. The van der Waals surface area contributed by atoms with E-state index >= 15 is 0 Å². The fraction of sp³-hybridized carbons (Fsp3) is 0.862. The molecule has 0 N–H and O–H groups in total. The summed E-state index contributed by atoms with van der Waals surface area (Å²) in [6, 6.07) is 0. The lowest BCUT2D eigenvalue weighted by Crippen LogP contribution is -2.48. The second-order valence-corrected chi connectivity index (χ2v) is 12.3. The summed E-state index contributed by atoms with van der Waals surface area (Å²) in [5.74, 6) is 5.46. The lowest BCUT2D eigenvalue weighted by atomic mass is 9.48. The number of hydrogen-bond acceptors (Lipinski definition) is 1. The second-order valence-electron chi connectivity index (χ2n) is 12.3. The summed E-state index contributed by atoms with van der Waals surface area (Å²) in [6.07, 6.45) is 20.9. The van der Waals surface area contributed by atoms with Gasteiger partial charge in [0.25, 0.3) is 0 Å². The number of methoxy groups -OCH3 is 1. The fourth-order valence-corrected chi connectivity index (χ4v) is 8.54. The Hall–Kier alpha value is -0.560. The summed E-state index contributed by atoms with van der Waals surface area (Å²) in [5.41, 5.74) is 3.05. The average Bonchev–Trinajstić information content (AvgIpc) is 3.08. The third-order valence-electron chi connectivity index (χ3n) is 10.8. The molecule has 0 bridgehead atoms. The third kappa shape index (κ3) is 3.76. The molecule has 3 saturated carbocycles. The minimum absolute atomic E-state index is 0.519. The topological polar surface area (TPSA) is 9.23 Å². The van der Waals surface area contributed by atoms with Crippen molar-refractivity contribution in [3.8, 4) is 0 Å². The Bertz CT molecular complexity index is 661. The third-order valence-corrected chi connectivity index (χ3v) is 10.8. The van der Waals surface area contributed by atoms with Crippen molar-refractivity contribution in [2.45, 2.75) is 92.4 Å². The van der Waals surface area contributed by atoms with Crippen LogP contribution in [0.2, 0.25) is 0 Å². The quantitative estimate of drug-likeness (QED) is 0.401. The largest absolute Gasteiger partial charge is 0.384 e. The molecule has 0 aromatic heterocycles. The van der Waals surface area contributed by atoms with E-state index in [1.165, 1.54) is 57.8 Å². The summed E-state index contributed by atoms with van der Waals surface area (Å²) in [5, 5.41) is 0. The van der Waals surface area contributed by atoms with Gasteiger partial charge in [-0.3, -0.25) is 0 Å². The van der Waals surface area contributed by atoms with Gasteiger partial charge in [0.1, 0.15) is 0 Å². The van der Waals surface area contributed by atoms with E-state index < -0.39 is 0 Å². The number of ether oxygens (including phenoxy) is 1. The molecule has 0 aliphatic heterocycles. The molecule has 4 aliphatic carbocycles. The predicted molar refractivity (Wildman–Crippen MR) is 128 cm³/mol. The average molecular weight is 413 g/mol. The molecular weight excluding hydrogens is 364 g/mol. The smallest absolute Gasteiger partial charge is 0.0493 e. The first-order chi connectivity index (χ1) is 14.3. The SMILES string of the molecule is COCC(C)[C@@H](C)C=C[C@@H](C)[C@H]1CC[C@H]2C3=CCC4CCCC[C@]4(C)[C@H]3CC[C@]12C. The Morgan fingerprint density at radius 1 is 0.967 bits per heavy atom. The zero-order chi connectivity index (χ0) is 21.5. The zero-order valence-electron chi connectivity index (χ0n) is 20.8. The Balaban J connectivity index is 1.49. The van der Waals surface area contributed by atoms with Crippen LogP contribution in [0.15, 0.2) is 23.8 Å². The summed E-state index contributed by atoms with van der Waals surface area (Å²) in [6.45, 7) is 13.4. The van der Waals surface area contributed by atoms with Gasteiger partial charge in [-0.1, -0.05) is 71.3 Å². The lowest BCUT2D eigenvalue weighted by Gasteiger charge is -2.57. The standard InChI is InChI=1S/C29H48O/c1-20(22(3)19-30-6)10-11-21(2)25-14-15-26-24-13-12-23-9-7-8-17-28(23,4)27(24)16-18-29(25,26)5/h10-11,13,20-23,25-27H,7-9,12,14-19H2,1-6H3/t20-,21+,22?,23?,25+,26-,27-,28-,29+/m0/s1. The molecule has 0 aromatic carbocycles. The molecule has 3 fully saturated rings. The first-order valence-corrected chi connectivity index (χ1v) is 13.2. The molecule has 4 rings (SSSR count). The molecule has 30 heavy (non-hydrogen) atoms. The van der Waals surface area contributed by atoms with Crippen LogP contribution >= 0.6 is 0 Å². The number of allylic oxidation sites excluding steroid dienone is 4. The maximum Gasteiger partial charge on any atom is 0.0493 e.